The molecule has 1 unspecified atom stereocenters. The van der Waals surface area contributed by atoms with Crippen molar-refractivity contribution >= 4 is 0 Å². The Morgan fingerprint density at radius 2 is 1.80 bits per heavy atom. The monoisotopic (exact) mass is 141 g/mol. The van der Waals surface area contributed by atoms with Crippen molar-refractivity contribution < 1.29 is 0 Å². The van der Waals surface area contributed by atoms with Gasteiger partial charge in [-0.15, -0.1) is 0 Å². The van der Waals surface area contributed by atoms with Crippen LogP contribution in [0.15, 0.2) is 0 Å². The fraction of sp³-hybridized carbons (Fsp3) is 0.900. The Morgan fingerprint density at radius 3 is 2.20 bits per heavy atom. The number of hydrogen-bond acceptors (Lipinski definition) is 0. The molecule has 0 heteroatoms. The average molecular weight is 141 g/mol. The van der Waals surface area contributed by atoms with Gasteiger partial charge in [-0.25, -0.2) is 0 Å². The van der Waals surface area contributed by atoms with Crippen LogP contribution in [0, 0.1) is 18.3 Å². The van der Waals surface area contributed by atoms with Crippen LogP contribution in [0.2, 0.25) is 0 Å². The van der Waals surface area contributed by atoms with Crippen molar-refractivity contribution in [3.8, 4) is 0 Å². The Hall–Kier alpha value is 0. The van der Waals surface area contributed by atoms with Crippen molar-refractivity contribution in [1.29, 1.82) is 0 Å². The summed E-state index contributed by atoms with van der Waals surface area (Å²) in [5.74, 6) is 1.75. The lowest BCUT2D eigenvalue weighted by atomic mass is 9.94. The highest BCUT2D eigenvalue weighted by atomic mass is 14.1. The van der Waals surface area contributed by atoms with Crippen LogP contribution < -0.4 is 0 Å². The molecule has 0 aliphatic carbocycles. The molecule has 0 spiro atoms. The van der Waals surface area contributed by atoms with Crippen molar-refractivity contribution in [3.63, 3.8) is 0 Å². The van der Waals surface area contributed by atoms with E-state index in [0.717, 1.165) is 11.8 Å². The normalized spacial score (nSPS) is 14.1. The molecule has 0 fully saturated rings. The first-order chi connectivity index (χ1) is 4.66. The number of hydrogen-bond donors (Lipinski definition) is 0. The first-order valence-corrected chi connectivity index (χ1v) is 4.48. The topological polar surface area (TPSA) is 0 Å². The third kappa shape index (κ3) is 6.12. The maximum Gasteiger partial charge on any atom is -0.0386 e. The zero-order chi connectivity index (χ0) is 7.98. The smallest absolute Gasteiger partial charge is 0.0386 e. The van der Waals surface area contributed by atoms with Crippen LogP contribution in [-0.4, -0.2) is 0 Å². The molecule has 0 saturated heterocycles. The second-order valence-corrected chi connectivity index (χ2v) is 3.67. The van der Waals surface area contributed by atoms with E-state index in [0.29, 0.717) is 0 Å². The lowest BCUT2D eigenvalue weighted by Crippen LogP contribution is -1.99. The molecule has 0 rings (SSSR count). The molecule has 0 bridgehead atoms. The van der Waals surface area contributed by atoms with E-state index in [1.165, 1.54) is 19.3 Å². The first-order valence-electron chi connectivity index (χ1n) is 4.48. The fourth-order valence-electron chi connectivity index (χ4n) is 1.35. The van der Waals surface area contributed by atoms with Crippen molar-refractivity contribution in [2.45, 2.75) is 47.0 Å². The highest BCUT2D eigenvalue weighted by Crippen LogP contribution is 2.16. The lowest BCUT2D eigenvalue weighted by Gasteiger charge is -2.12. The van der Waals surface area contributed by atoms with Gasteiger partial charge in [-0.3, -0.25) is 0 Å². The van der Waals surface area contributed by atoms with Crippen LogP contribution in [0.4, 0.5) is 0 Å². The van der Waals surface area contributed by atoms with Crippen LogP contribution in [0.3, 0.4) is 0 Å². The van der Waals surface area contributed by atoms with Crippen LogP contribution in [0.5, 0.6) is 0 Å². The Bertz CT molecular complexity index is 64.4. The average Bonchev–Trinajstić information content (AvgIpc) is 1.82. The maximum atomic E-state index is 2.38. The maximum absolute atomic E-state index is 2.38. The quantitative estimate of drug-likeness (QED) is 0.548. The number of rotatable bonds is 5. The van der Waals surface area contributed by atoms with Gasteiger partial charge in [-0.1, -0.05) is 34.1 Å². The van der Waals surface area contributed by atoms with Gasteiger partial charge in [0.1, 0.15) is 0 Å². The lowest BCUT2D eigenvalue weighted by molar-refractivity contribution is 0.431. The van der Waals surface area contributed by atoms with E-state index < -0.39 is 0 Å². The molecule has 10 heavy (non-hydrogen) atoms. The predicted molar refractivity (Wildman–Crippen MR) is 47.8 cm³/mol. The zero-order valence-corrected chi connectivity index (χ0v) is 7.85. The van der Waals surface area contributed by atoms with Crippen LogP contribution >= 0.6 is 0 Å². The van der Waals surface area contributed by atoms with E-state index in [1.54, 1.807) is 0 Å². The number of unbranched alkanes of at least 4 members (excludes halogenated alkanes) is 1. The summed E-state index contributed by atoms with van der Waals surface area (Å²) in [6.45, 7) is 9.14. The third-order valence-corrected chi connectivity index (χ3v) is 1.73. The van der Waals surface area contributed by atoms with Crippen LogP contribution in [0.1, 0.15) is 47.0 Å². The van der Waals surface area contributed by atoms with Gasteiger partial charge >= 0.3 is 0 Å². The summed E-state index contributed by atoms with van der Waals surface area (Å²) in [5, 5.41) is 0. The molecule has 0 nitrogen and oxygen atoms in total. The Labute approximate surface area is 66.0 Å². The van der Waals surface area contributed by atoms with Crippen LogP contribution in [-0.2, 0) is 0 Å². The second kappa shape index (κ2) is 5.76. The van der Waals surface area contributed by atoms with Gasteiger partial charge in [0, 0.05) is 0 Å². The van der Waals surface area contributed by atoms with Gasteiger partial charge in [0.05, 0.1) is 0 Å². The van der Waals surface area contributed by atoms with Gasteiger partial charge in [0.15, 0.2) is 0 Å². The van der Waals surface area contributed by atoms with Crippen molar-refractivity contribution in [2.24, 2.45) is 11.8 Å². The Morgan fingerprint density at radius 1 is 1.20 bits per heavy atom. The molecule has 0 aromatic heterocycles. The summed E-state index contributed by atoms with van der Waals surface area (Å²) in [6.07, 6.45) is 6.28. The van der Waals surface area contributed by atoms with Gasteiger partial charge < -0.3 is 0 Å². The first kappa shape index (κ1) is 10.0. The van der Waals surface area contributed by atoms with Crippen molar-refractivity contribution in [2.75, 3.05) is 0 Å². The molecule has 0 N–H and O–H groups in total. The van der Waals surface area contributed by atoms with Gasteiger partial charge in [0.25, 0.3) is 0 Å². The summed E-state index contributed by atoms with van der Waals surface area (Å²) >= 11 is 0. The summed E-state index contributed by atoms with van der Waals surface area (Å²) in [6, 6.07) is 0. The molecule has 0 heterocycles. The van der Waals surface area contributed by atoms with E-state index in [9.17, 15) is 0 Å². The van der Waals surface area contributed by atoms with E-state index in [-0.39, 0.29) is 0 Å². The van der Waals surface area contributed by atoms with Crippen LogP contribution in [0.25, 0.3) is 0 Å². The largest absolute Gasteiger partial charge is 0.0651 e. The van der Waals surface area contributed by atoms with E-state index in [2.05, 4.69) is 34.1 Å². The molecule has 1 atom stereocenters. The molecular formula is C10H21. The third-order valence-electron chi connectivity index (χ3n) is 1.73. The highest BCUT2D eigenvalue weighted by molar-refractivity contribution is 4.67. The van der Waals surface area contributed by atoms with E-state index in [1.807, 2.05) is 0 Å². The molecule has 0 aliphatic rings. The molecule has 0 aliphatic heterocycles. The van der Waals surface area contributed by atoms with Gasteiger partial charge in [-0.05, 0) is 31.1 Å². The second-order valence-electron chi connectivity index (χ2n) is 3.67. The van der Waals surface area contributed by atoms with E-state index in [4.69, 9.17) is 0 Å². The summed E-state index contributed by atoms with van der Waals surface area (Å²) in [4.78, 5) is 0. The predicted octanol–water partition coefficient (Wildman–Crippen LogP) is 3.67. The fourth-order valence-corrected chi connectivity index (χ4v) is 1.35. The SMILES string of the molecule is CC[CH]CC(C)CC(C)C. The van der Waals surface area contributed by atoms with E-state index >= 15 is 0 Å². The molecular weight excluding hydrogens is 120 g/mol. The minimum atomic E-state index is 0.861. The summed E-state index contributed by atoms with van der Waals surface area (Å²) in [5.41, 5.74) is 0. The molecule has 61 valence electrons. The molecule has 0 aromatic carbocycles. The van der Waals surface area contributed by atoms with Gasteiger partial charge in [0.2, 0.25) is 0 Å². The molecule has 0 amide bonds. The minimum absolute atomic E-state index is 0.861. The summed E-state index contributed by atoms with van der Waals surface area (Å²) < 4.78 is 0. The standard InChI is InChI=1S/C10H21/c1-5-6-7-10(4)8-9(2)3/h6,9-10H,5,7-8H2,1-4H3. The minimum Gasteiger partial charge on any atom is -0.0651 e. The molecule has 0 aromatic rings. The summed E-state index contributed by atoms with van der Waals surface area (Å²) in [7, 11) is 0. The van der Waals surface area contributed by atoms with Gasteiger partial charge in [-0.2, -0.15) is 0 Å². The van der Waals surface area contributed by atoms with Crippen molar-refractivity contribution in [3.05, 3.63) is 6.42 Å². The molecule has 1 radical (unpaired) electrons. The Kier molecular flexibility index (Phi) is 5.76. The zero-order valence-electron chi connectivity index (χ0n) is 7.85. The Balaban J connectivity index is 3.16. The highest BCUT2D eigenvalue weighted by Gasteiger charge is 2.03. The molecule has 0 saturated carbocycles. The van der Waals surface area contributed by atoms with Crippen molar-refractivity contribution in [1.82, 2.24) is 0 Å².